The fraction of sp³-hybridized carbons (Fsp3) is 0.250. The fourth-order valence-electron chi connectivity index (χ4n) is 2.36. The maximum atomic E-state index is 14.0. The lowest BCUT2D eigenvalue weighted by atomic mass is 9.93. The first-order chi connectivity index (χ1) is 9.45. The topological polar surface area (TPSA) is 12.0 Å². The van der Waals surface area contributed by atoms with E-state index in [1.165, 1.54) is 18.2 Å². The van der Waals surface area contributed by atoms with Crippen molar-refractivity contribution in [3.05, 3.63) is 68.7 Å². The van der Waals surface area contributed by atoms with Gasteiger partial charge in [0.1, 0.15) is 11.6 Å². The molecule has 0 aromatic heterocycles. The van der Waals surface area contributed by atoms with Gasteiger partial charge in [-0.2, -0.15) is 0 Å². The summed E-state index contributed by atoms with van der Waals surface area (Å²) in [6.07, 6.45) is 0. The van der Waals surface area contributed by atoms with Crippen LogP contribution in [0.3, 0.4) is 0 Å². The molecule has 0 bridgehead atoms. The lowest BCUT2D eigenvalue weighted by Gasteiger charge is -2.21. The molecule has 0 amide bonds. The Kier molecular flexibility index (Phi) is 4.55. The lowest BCUT2D eigenvalue weighted by molar-refractivity contribution is 0.521. The first kappa shape index (κ1) is 15.1. The van der Waals surface area contributed by atoms with Crippen LogP contribution in [-0.4, -0.2) is 7.05 Å². The van der Waals surface area contributed by atoms with Gasteiger partial charge in [0.05, 0.1) is 6.04 Å². The molecule has 0 heterocycles. The van der Waals surface area contributed by atoms with Crippen LogP contribution in [0.25, 0.3) is 0 Å². The molecule has 0 spiro atoms. The van der Waals surface area contributed by atoms with Gasteiger partial charge < -0.3 is 5.32 Å². The number of rotatable bonds is 3. The number of hydrogen-bond donors (Lipinski definition) is 1. The second kappa shape index (κ2) is 6.02. The SMILES string of the molecule is CNC(c1cc(C)c(Br)cc1C)c1c(F)cccc1F. The standard InChI is InChI=1S/C16H16BrF2N/c1-9-8-12(17)10(2)7-11(9)16(20-3)15-13(18)5-4-6-14(15)19/h4-8,16,20H,1-3H3. The number of aryl methyl sites for hydroxylation is 2. The second-order valence-corrected chi connectivity index (χ2v) is 5.67. The summed E-state index contributed by atoms with van der Waals surface area (Å²) in [5.41, 5.74) is 2.93. The minimum absolute atomic E-state index is 0.0554. The lowest BCUT2D eigenvalue weighted by Crippen LogP contribution is -2.21. The Morgan fingerprint density at radius 3 is 2.20 bits per heavy atom. The zero-order valence-electron chi connectivity index (χ0n) is 11.6. The summed E-state index contributed by atoms with van der Waals surface area (Å²) in [6, 6.07) is 7.34. The molecule has 2 rings (SSSR count). The number of benzene rings is 2. The molecule has 1 nitrogen and oxygen atoms in total. The molecule has 20 heavy (non-hydrogen) atoms. The van der Waals surface area contributed by atoms with Gasteiger partial charge in [0.2, 0.25) is 0 Å². The Hall–Kier alpha value is -1.26. The highest BCUT2D eigenvalue weighted by Crippen LogP contribution is 2.31. The van der Waals surface area contributed by atoms with E-state index in [1.54, 1.807) is 7.05 Å². The maximum absolute atomic E-state index is 14.0. The Morgan fingerprint density at radius 1 is 1.05 bits per heavy atom. The van der Waals surface area contributed by atoms with Gasteiger partial charge in [-0.1, -0.05) is 28.1 Å². The summed E-state index contributed by atoms with van der Waals surface area (Å²) >= 11 is 3.47. The quantitative estimate of drug-likeness (QED) is 0.857. The van der Waals surface area contributed by atoms with Crippen LogP contribution in [0.15, 0.2) is 34.8 Å². The predicted octanol–water partition coefficient (Wildman–Crippen LogP) is 4.65. The molecule has 0 radical (unpaired) electrons. The molecule has 1 atom stereocenters. The van der Waals surface area contributed by atoms with E-state index in [0.29, 0.717) is 0 Å². The largest absolute Gasteiger partial charge is 0.309 e. The van der Waals surface area contributed by atoms with E-state index in [1.807, 2.05) is 26.0 Å². The van der Waals surface area contributed by atoms with Gasteiger partial charge in [-0.05, 0) is 55.8 Å². The van der Waals surface area contributed by atoms with Crippen molar-refractivity contribution in [3.63, 3.8) is 0 Å². The Balaban J connectivity index is 2.62. The molecule has 1 N–H and O–H groups in total. The van der Waals surface area contributed by atoms with E-state index >= 15 is 0 Å². The third-order valence-corrected chi connectivity index (χ3v) is 4.29. The molecule has 4 heteroatoms. The fourth-order valence-corrected chi connectivity index (χ4v) is 2.81. The Bertz CT molecular complexity index is 620. The average molecular weight is 340 g/mol. The smallest absolute Gasteiger partial charge is 0.131 e. The van der Waals surface area contributed by atoms with Crippen LogP contribution < -0.4 is 5.32 Å². The van der Waals surface area contributed by atoms with Crippen LogP contribution in [0.2, 0.25) is 0 Å². The first-order valence-electron chi connectivity index (χ1n) is 6.33. The zero-order chi connectivity index (χ0) is 14.9. The first-order valence-corrected chi connectivity index (χ1v) is 7.12. The second-order valence-electron chi connectivity index (χ2n) is 4.82. The minimum Gasteiger partial charge on any atom is -0.309 e. The van der Waals surface area contributed by atoms with Crippen LogP contribution in [0.4, 0.5) is 8.78 Å². The highest BCUT2D eigenvalue weighted by molar-refractivity contribution is 9.10. The molecule has 0 aliphatic rings. The van der Waals surface area contributed by atoms with Gasteiger partial charge in [0.25, 0.3) is 0 Å². The summed E-state index contributed by atoms with van der Waals surface area (Å²) in [5, 5.41) is 3.01. The van der Waals surface area contributed by atoms with Gasteiger partial charge in [-0.15, -0.1) is 0 Å². The van der Waals surface area contributed by atoms with E-state index in [4.69, 9.17) is 0 Å². The molecule has 1 unspecified atom stereocenters. The van der Waals surface area contributed by atoms with Crippen molar-refractivity contribution in [2.75, 3.05) is 7.05 Å². The van der Waals surface area contributed by atoms with Crippen LogP contribution in [-0.2, 0) is 0 Å². The van der Waals surface area contributed by atoms with Crippen molar-refractivity contribution in [3.8, 4) is 0 Å². The van der Waals surface area contributed by atoms with Gasteiger partial charge in [-0.3, -0.25) is 0 Å². The highest BCUT2D eigenvalue weighted by atomic mass is 79.9. The van der Waals surface area contributed by atoms with Crippen molar-refractivity contribution in [2.45, 2.75) is 19.9 Å². The molecule has 106 valence electrons. The number of nitrogens with one attached hydrogen (secondary N) is 1. The zero-order valence-corrected chi connectivity index (χ0v) is 13.2. The minimum atomic E-state index is -0.538. The molecule has 0 fully saturated rings. The van der Waals surface area contributed by atoms with E-state index in [-0.39, 0.29) is 5.56 Å². The van der Waals surface area contributed by atoms with Gasteiger partial charge in [0.15, 0.2) is 0 Å². The van der Waals surface area contributed by atoms with Gasteiger partial charge in [-0.25, -0.2) is 8.78 Å². The summed E-state index contributed by atoms with van der Waals surface area (Å²) < 4.78 is 29.0. The Labute approximate surface area is 126 Å². The molecule has 0 saturated carbocycles. The molecular formula is C16H16BrF2N. The van der Waals surface area contributed by atoms with E-state index in [9.17, 15) is 8.78 Å². The summed E-state index contributed by atoms with van der Waals surface area (Å²) in [5.74, 6) is -1.08. The monoisotopic (exact) mass is 339 g/mol. The molecule has 0 saturated heterocycles. The third-order valence-electron chi connectivity index (χ3n) is 3.44. The van der Waals surface area contributed by atoms with Crippen molar-refractivity contribution in [1.29, 1.82) is 0 Å². The van der Waals surface area contributed by atoms with Crippen LogP contribution in [0.5, 0.6) is 0 Å². The third kappa shape index (κ3) is 2.76. The molecule has 0 aliphatic carbocycles. The van der Waals surface area contributed by atoms with E-state index in [2.05, 4.69) is 21.2 Å². The highest BCUT2D eigenvalue weighted by Gasteiger charge is 2.22. The van der Waals surface area contributed by atoms with Gasteiger partial charge >= 0.3 is 0 Å². The summed E-state index contributed by atoms with van der Waals surface area (Å²) in [4.78, 5) is 0. The van der Waals surface area contributed by atoms with Crippen LogP contribution in [0.1, 0.15) is 28.3 Å². The molecular weight excluding hydrogens is 324 g/mol. The molecule has 0 aliphatic heterocycles. The van der Waals surface area contributed by atoms with Crippen molar-refractivity contribution < 1.29 is 8.78 Å². The number of hydrogen-bond acceptors (Lipinski definition) is 1. The summed E-state index contributed by atoms with van der Waals surface area (Å²) in [6.45, 7) is 3.89. The van der Waals surface area contributed by atoms with Gasteiger partial charge in [0, 0.05) is 10.0 Å². The van der Waals surface area contributed by atoms with E-state index in [0.717, 1.165) is 21.2 Å². The average Bonchev–Trinajstić information content (AvgIpc) is 2.39. The van der Waals surface area contributed by atoms with Crippen molar-refractivity contribution >= 4 is 15.9 Å². The number of halogens is 3. The van der Waals surface area contributed by atoms with Crippen molar-refractivity contribution in [2.24, 2.45) is 0 Å². The Morgan fingerprint density at radius 2 is 1.65 bits per heavy atom. The van der Waals surface area contributed by atoms with Crippen LogP contribution >= 0.6 is 15.9 Å². The predicted molar refractivity (Wildman–Crippen MR) is 80.9 cm³/mol. The molecule has 2 aromatic carbocycles. The maximum Gasteiger partial charge on any atom is 0.131 e. The van der Waals surface area contributed by atoms with Crippen LogP contribution in [0, 0.1) is 25.5 Å². The molecule has 2 aromatic rings. The normalized spacial score (nSPS) is 12.5. The van der Waals surface area contributed by atoms with Crippen molar-refractivity contribution in [1.82, 2.24) is 5.32 Å². The summed E-state index contributed by atoms with van der Waals surface area (Å²) in [7, 11) is 1.70. The van der Waals surface area contributed by atoms with E-state index < -0.39 is 17.7 Å².